The summed E-state index contributed by atoms with van der Waals surface area (Å²) in [6, 6.07) is -9.52. The normalized spacial score (nSPS) is 16.1. The number of aliphatic carboxylic acids is 3. The number of aliphatic hydroxyl groups is 1. The third kappa shape index (κ3) is 21.3. The first kappa shape index (κ1) is 64.6. The van der Waals surface area contributed by atoms with Gasteiger partial charge in [-0.05, 0) is 48.3 Å². The SMILES string of the molecule is CC[C@H](C)[C@H](N)C(=O)N[C@H](C(=O)N[C@@H](CC(=O)O)C(=O)N[C@@H](CC(=O)O)C(=O)N[C@H](C(=O)N[C@H](C(=O)N[C@@H](Cc1ccc(O)cc1)C(=O)N[C@@H](CC(N)=O)C(=O)N[C@H](C(=O)O)C(C)C)[C@@H](C)O)[C@@H](C)CC)C(C)C. The van der Waals surface area contributed by atoms with Gasteiger partial charge in [0.15, 0.2) is 0 Å². The van der Waals surface area contributed by atoms with Gasteiger partial charge in [-0.15, -0.1) is 0 Å². The predicted octanol–water partition coefficient (Wildman–Crippen LogP) is -3.17. The molecule has 0 bridgehead atoms. The third-order valence-electron chi connectivity index (χ3n) is 12.0. The number of hydrogen-bond donors (Lipinski definition) is 15. The van der Waals surface area contributed by atoms with Crippen LogP contribution >= 0.6 is 0 Å². The minimum atomic E-state index is -2.03. The number of carboxylic acid groups (broad SMARTS) is 3. The highest BCUT2D eigenvalue weighted by Gasteiger charge is 2.39. The highest BCUT2D eigenvalue weighted by molar-refractivity contribution is 6.00. The lowest BCUT2D eigenvalue weighted by atomic mass is 9.96. The number of aromatic hydroxyl groups is 1. The molecule has 9 amide bonds. The average Bonchev–Trinajstić information content (AvgIpc) is 3.30. The number of rotatable bonds is 32. The van der Waals surface area contributed by atoms with Crippen LogP contribution in [0.1, 0.15) is 100.0 Å². The van der Waals surface area contributed by atoms with Crippen LogP contribution in [0.3, 0.4) is 0 Å². The van der Waals surface area contributed by atoms with Crippen molar-refractivity contribution in [1.29, 1.82) is 0 Å². The van der Waals surface area contributed by atoms with E-state index in [1.54, 1.807) is 34.6 Å². The van der Waals surface area contributed by atoms with Gasteiger partial charge in [0, 0.05) is 6.42 Å². The van der Waals surface area contributed by atoms with Crippen molar-refractivity contribution < 1.29 is 83.1 Å². The van der Waals surface area contributed by atoms with Gasteiger partial charge in [-0.2, -0.15) is 0 Å². The molecule has 27 nitrogen and oxygen atoms in total. The van der Waals surface area contributed by atoms with Crippen LogP contribution in [0.5, 0.6) is 5.75 Å². The Morgan fingerprint density at radius 2 is 0.838 bits per heavy atom. The van der Waals surface area contributed by atoms with Gasteiger partial charge in [-0.3, -0.25) is 52.7 Å². The number of amides is 9. The van der Waals surface area contributed by atoms with Gasteiger partial charge in [0.25, 0.3) is 0 Å². The molecule has 74 heavy (non-hydrogen) atoms. The number of aliphatic hydroxyl groups excluding tert-OH is 1. The van der Waals surface area contributed by atoms with E-state index in [1.165, 1.54) is 45.0 Å². The van der Waals surface area contributed by atoms with Crippen LogP contribution in [-0.2, 0) is 64.0 Å². The van der Waals surface area contributed by atoms with Gasteiger partial charge < -0.3 is 79.5 Å². The number of phenols is 1. The molecule has 1 aromatic rings. The molecule has 0 unspecified atom stereocenters. The summed E-state index contributed by atoms with van der Waals surface area (Å²) in [5.74, 6) is -17.2. The number of benzene rings is 1. The molecule has 17 N–H and O–H groups in total. The first-order valence-electron chi connectivity index (χ1n) is 23.9. The van der Waals surface area contributed by atoms with Crippen LogP contribution < -0.4 is 54.0 Å². The maximum absolute atomic E-state index is 14.1. The smallest absolute Gasteiger partial charge is 0.326 e. The quantitative estimate of drug-likeness (QED) is 0.0339. The molecular formula is C47H74N10O17. The number of hydrogen-bond acceptors (Lipinski definition) is 15. The summed E-state index contributed by atoms with van der Waals surface area (Å²) in [6.07, 6.45) is -4.49. The first-order chi connectivity index (χ1) is 34.3. The van der Waals surface area contributed by atoms with E-state index in [0.29, 0.717) is 12.0 Å². The summed E-state index contributed by atoms with van der Waals surface area (Å²) in [5, 5.41) is 68.0. The molecule has 0 aliphatic carbocycles. The Bertz CT molecular complexity index is 2170. The summed E-state index contributed by atoms with van der Waals surface area (Å²) in [4.78, 5) is 157. The monoisotopic (exact) mass is 1050 g/mol. The fourth-order valence-electron chi connectivity index (χ4n) is 6.99. The Labute approximate surface area is 427 Å². The molecule has 0 heterocycles. The molecule has 0 radical (unpaired) electrons. The van der Waals surface area contributed by atoms with Gasteiger partial charge >= 0.3 is 17.9 Å². The molecule has 1 rings (SSSR count). The molecule has 0 saturated heterocycles. The number of carbonyl (C=O) groups is 12. The van der Waals surface area contributed by atoms with Crippen molar-refractivity contribution in [3.05, 3.63) is 29.8 Å². The van der Waals surface area contributed by atoms with Crippen LogP contribution in [0.25, 0.3) is 0 Å². The van der Waals surface area contributed by atoms with Crippen LogP contribution in [0.15, 0.2) is 24.3 Å². The molecule has 0 aromatic heterocycles. The number of nitrogens with one attached hydrogen (secondary N) is 8. The zero-order chi connectivity index (χ0) is 56.9. The number of carboxylic acids is 3. The lowest BCUT2D eigenvalue weighted by molar-refractivity contribution is -0.144. The van der Waals surface area contributed by atoms with Crippen LogP contribution in [0.2, 0.25) is 0 Å². The summed E-state index contributed by atoms with van der Waals surface area (Å²) in [5.41, 5.74) is 11.7. The second-order valence-corrected chi connectivity index (χ2v) is 18.8. The molecule has 1 aromatic carbocycles. The molecule has 0 spiro atoms. The summed E-state index contributed by atoms with van der Waals surface area (Å²) in [7, 11) is 0. The van der Waals surface area contributed by atoms with Gasteiger partial charge in [0.1, 0.15) is 54.1 Å². The Morgan fingerprint density at radius 3 is 1.26 bits per heavy atom. The van der Waals surface area contributed by atoms with Crippen LogP contribution in [0.4, 0.5) is 0 Å². The van der Waals surface area contributed by atoms with Crippen molar-refractivity contribution in [2.75, 3.05) is 0 Å². The number of primary amides is 1. The van der Waals surface area contributed by atoms with Crippen LogP contribution in [0, 0.1) is 23.7 Å². The zero-order valence-corrected chi connectivity index (χ0v) is 42.9. The zero-order valence-electron chi connectivity index (χ0n) is 42.9. The van der Waals surface area contributed by atoms with Crippen molar-refractivity contribution in [3.63, 3.8) is 0 Å². The van der Waals surface area contributed by atoms with Gasteiger partial charge in [-0.25, -0.2) is 4.79 Å². The largest absolute Gasteiger partial charge is 0.508 e. The lowest BCUT2D eigenvalue weighted by Gasteiger charge is -2.30. The van der Waals surface area contributed by atoms with Gasteiger partial charge in [-0.1, -0.05) is 80.4 Å². The van der Waals surface area contributed by atoms with Crippen molar-refractivity contribution in [1.82, 2.24) is 42.5 Å². The van der Waals surface area contributed by atoms with E-state index >= 15 is 0 Å². The molecule has 0 saturated carbocycles. The Kier molecular flexibility index (Phi) is 26.7. The fraction of sp³-hybridized carbons (Fsp3) is 0.617. The van der Waals surface area contributed by atoms with Crippen molar-refractivity contribution in [2.45, 2.75) is 161 Å². The number of nitrogens with two attached hydrogens (primary N) is 2. The Hall–Kier alpha value is -7.42. The lowest BCUT2D eigenvalue weighted by Crippen LogP contribution is -2.63. The molecule has 414 valence electrons. The number of phenolic OH excluding ortho intramolecular Hbond substituents is 1. The first-order valence-corrected chi connectivity index (χ1v) is 23.9. The van der Waals surface area contributed by atoms with Crippen molar-refractivity contribution in [2.24, 2.45) is 35.1 Å². The van der Waals surface area contributed by atoms with E-state index in [-0.39, 0.29) is 24.5 Å². The molecule has 0 fully saturated rings. The Balaban J connectivity index is 3.55. The summed E-state index contributed by atoms with van der Waals surface area (Å²) in [6.45, 7) is 13.8. The van der Waals surface area contributed by atoms with Gasteiger partial charge in [0.05, 0.1) is 31.4 Å². The minimum absolute atomic E-state index is 0.141. The molecule has 0 aliphatic rings. The topological polar surface area (TPSA) is 454 Å². The standard InChI is InChI=1S/C47H74N10O17/c1-10-22(7)34(49)43(69)54-35(20(3)4)44(70)53-29(18-32(61)62)40(66)51-30(19-33(63)64)42(68)56-37(23(8)11-2)45(71)57-38(24(9)58)46(72)52-27(16-25-12-14-26(59)15-13-25)39(65)50-28(17-31(48)60)41(67)55-36(21(5)6)47(73)74/h12-15,20-24,27-30,34-38,58-59H,10-11,16-19,49H2,1-9H3,(H2,48,60)(H,50,65)(H,51,66)(H,52,72)(H,53,70)(H,54,69)(H,55,67)(H,56,68)(H,57,71)(H,61,62)(H,63,64)(H,73,74)/t22-,23-,24+,27-,28-,29-,30-,34-,35-,36-,37-,38-/m0/s1. The highest BCUT2D eigenvalue weighted by atomic mass is 16.4. The molecule has 12 atom stereocenters. The summed E-state index contributed by atoms with van der Waals surface area (Å²) < 4.78 is 0. The predicted molar refractivity (Wildman–Crippen MR) is 261 cm³/mol. The maximum Gasteiger partial charge on any atom is 0.326 e. The molecule has 27 heteroatoms. The second-order valence-electron chi connectivity index (χ2n) is 18.8. The average molecular weight is 1050 g/mol. The highest BCUT2D eigenvalue weighted by Crippen LogP contribution is 2.15. The van der Waals surface area contributed by atoms with E-state index in [0.717, 1.165) is 6.92 Å². The van der Waals surface area contributed by atoms with Crippen molar-refractivity contribution >= 4 is 71.1 Å². The van der Waals surface area contributed by atoms with Crippen molar-refractivity contribution in [3.8, 4) is 5.75 Å². The van der Waals surface area contributed by atoms with E-state index in [4.69, 9.17) is 11.5 Å². The van der Waals surface area contributed by atoms with Crippen LogP contribution in [-0.4, -0.2) is 157 Å². The minimum Gasteiger partial charge on any atom is -0.508 e. The number of carbonyl (C=O) groups excluding carboxylic acids is 9. The summed E-state index contributed by atoms with van der Waals surface area (Å²) >= 11 is 0. The second kappa shape index (κ2) is 30.6. The fourth-order valence-corrected chi connectivity index (χ4v) is 6.99. The molecule has 0 aliphatic heterocycles. The third-order valence-corrected chi connectivity index (χ3v) is 12.0. The van der Waals surface area contributed by atoms with E-state index in [2.05, 4.69) is 42.5 Å². The van der Waals surface area contributed by atoms with E-state index < -0.39 is 169 Å². The Morgan fingerprint density at radius 1 is 0.473 bits per heavy atom. The van der Waals surface area contributed by atoms with E-state index in [9.17, 15) is 83.1 Å². The molecular weight excluding hydrogens is 977 g/mol. The van der Waals surface area contributed by atoms with E-state index in [1.807, 2.05) is 0 Å². The van der Waals surface area contributed by atoms with Gasteiger partial charge in [0.2, 0.25) is 53.2 Å². The maximum atomic E-state index is 14.1.